The van der Waals surface area contributed by atoms with E-state index in [9.17, 15) is 18.0 Å². The van der Waals surface area contributed by atoms with Crippen molar-refractivity contribution in [3.05, 3.63) is 35.3 Å². The zero-order valence-electron chi connectivity index (χ0n) is 8.85. The molecule has 0 aliphatic rings. The van der Waals surface area contributed by atoms with E-state index < -0.39 is 23.7 Å². The average molecular weight is 242 g/mol. The summed E-state index contributed by atoms with van der Waals surface area (Å²) in [6.07, 6.45) is -2.79. The third-order valence-electron chi connectivity index (χ3n) is 2.44. The quantitative estimate of drug-likeness (QED) is 0.835. The zero-order valence-corrected chi connectivity index (χ0v) is 8.85. The minimum atomic E-state index is -2.79. The van der Waals surface area contributed by atoms with Gasteiger partial charge >= 0.3 is 0 Å². The van der Waals surface area contributed by atoms with Crippen LogP contribution in [0.4, 0.5) is 13.2 Å². The normalized spacial score (nSPS) is 11.1. The molecule has 2 rings (SSSR count). The number of carbonyl (C=O) groups is 1. The summed E-state index contributed by atoms with van der Waals surface area (Å²) in [4.78, 5) is 13.9. The molecule has 0 bridgehead atoms. The highest BCUT2D eigenvalue weighted by Crippen LogP contribution is 2.29. The number of amides is 1. The van der Waals surface area contributed by atoms with Crippen molar-refractivity contribution in [2.24, 2.45) is 0 Å². The Morgan fingerprint density at radius 1 is 1.35 bits per heavy atom. The molecule has 2 aromatic rings. The number of benzene rings is 1. The molecule has 0 unspecified atom stereocenters. The standard InChI is InChI=1S/C11H9F3N2O/c1-15-11(17)9-4-6-7(10(13)14)2-5(12)3-8(6)16-9/h2-4,10,16H,1H3,(H,15,17). The van der Waals surface area contributed by atoms with Gasteiger partial charge in [-0.05, 0) is 18.2 Å². The molecule has 0 saturated heterocycles. The lowest BCUT2D eigenvalue weighted by atomic mass is 10.1. The Kier molecular flexibility index (Phi) is 2.79. The van der Waals surface area contributed by atoms with Gasteiger partial charge in [0.05, 0.1) is 0 Å². The van der Waals surface area contributed by atoms with Crippen molar-refractivity contribution in [1.29, 1.82) is 0 Å². The molecule has 0 radical (unpaired) electrons. The highest BCUT2D eigenvalue weighted by atomic mass is 19.3. The number of fused-ring (bicyclic) bond motifs is 1. The Labute approximate surface area is 94.6 Å². The van der Waals surface area contributed by atoms with Crippen LogP contribution in [0.1, 0.15) is 22.5 Å². The van der Waals surface area contributed by atoms with Gasteiger partial charge in [-0.1, -0.05) is 0 Å². The van der Waals surface area contributed by atoms with Gasteiger partial charge in [0.15, 0.2) is 0 Å². The molecule has 1 aromatic heterocycles. The molecular formula is C11H9F3N2O. The van der Waals surface area contributed by atoms with Gasteiger partial charge in [-0.3, -0.25) is 4.79 Å². The Hall–Kier alpha value is -1.98. The summed E-state index contributed by atoms with van der Waals surface area (Å²) < 4.78 is 38.5. The van der Waals surface area contributed by atoms with E-state index >= 15 is 0 Å². The van der Waals surface area contributed by atoms with Crippen LogP contribution in [0, 0.1) is 5.82 Å². The molecule has 3 nitrogen and oxygen atoms in total. The Bertz CT molecular complexity index is 577. The van der Waals surface area contributed by atoms with E-state index in [4.69, 9.17) is 0 Å². The Balaban J connectivity index is 2.67. The predicted octanol–water partition coefficient (Wildman–Crippen LogP) is 2.60. The summed E-state index contributed by atoms with van der Waals surface area (Å²) in [5.41, 5.74) is -0.125. The van der Waals surface area contributed by atoms with Crippen molar-refractivity contribution in [3.63, 3.8) is 0 Å². The van der Waals surface area contributed by atoms with Crippen LogP contribution in [-0.2, 0) is 0 Å². The molecule has 0 saturated carbocycles. The number of hydrogen-bond donors (Lipinski definition) is 2. The number of aromatic nitrogens is 1. The molecule has 0 aliphatic heterocycles. The number of halogens is 3. The van der Waals surface area contributed by atoms with Crippen LogP contribution < -0.4 is 5.32 Å². The van der Waals surface area contributed by atoms with Gasteiger partial charge in [0.25, 0.3) is 12.3 Å². The van der Waals surface area contributed by atoms with Crippen molar-refractivity contribution in [2.45, 2.75) is 6.43 Å². The summed E-state index contributed by atoms with van der Waals surface area (Å²) in [6, 6.07) is 3.14. The first kappa shape index (κ1) is 11.5. The van der Waals surface area contributed by atoms with E-state index in [1.54, 1.807) is 0 Å². The van der Waals surface area contributed by atoms with Crippen LogP contribution in [-0.4, -0.2) is 17.9 Å². The second kappa shape index (κ2) is 4.12. The lowest BCUT2D eigenvalue weighted by Gasteiger charge is -2.01. The fourth-order valence-electron chi connectivity index (χ4n) is 1.67. The number of carbonyl (C=O) groups excluding carboxylic acids is 1. The zero-order chi connectivity index (χ0) is 12.6. The number of rotatable bonds is 2. The van der Waals surface area contributed by atoms with E-state index in [-0.39, 0.29) is 16.6 Å². The van der Waals surface area contributed by atoms with Crippen LogP contribution in [0.15, 0.2) is 18.2 Å². The first-order valence-corrected chi connectivity index (χ1v) is 4.85. The molecule has 0 aliphatic carbocycles. The maximum absolute atomic E-state index is 13.1. The van der Waals surface area contributed by atoms with Gasteiger partial charge in [-0.2, -0.15) is 0 Å². The smallest absolute Gasteiger partial charge is 0.267 e. The molecule has 2 N–H and O–H groups in total. The largest absolute Gasteiger partial charge is 0.354 e. The fourth-order valence-corrected chi connectivity index (χ4v) is 1.67. The summed E-state index contributed by atoms with van der Waals surface area (Å²) in [7, 11) is 1.42. The average Bonchev–Trinajstić information content (AvgIpc) is 2.69. The third kappa shape index (κ3) is 1.98. The van der Waals surface area contributed by atoms with Crippen molar-refractivity contribution in [2.75, 3.05) is 7.05 Å². The Morgan fingerprint density at radius 2 is 2.06 bits per heavy atom. The summed E-state index contributed by atoms with van der Waals surface area (Å²) >= 11 is 0. The molecule has 1 heterocycles. The SMILES string of the molecule is CNC(=O)c1cc2c(C(F)F)cc(F)cc2[nH]1. The number of aromatic amines is 1. The van der Waals surface area contributed by atoms with Gasteiger partial charge in [-0.15, -0.1) is 0 Å². The fraction of sp³-hybridized carbons (Fsp3) is 0.182. The number of nitrogens with one attached hydrogen (secondary N) is 2. The molecule has 6 heteroatoms. The van der Waals surface area contributed by atoms with Gasteiger partial charge < -0.3 is 10.3 Å². The monoisotopic (exact) mass is 242 g/mol. The minimum Gasteiger partial charge on any atom is -0.354 e. The molecule has 1 amide bonds. The van der Waals surface area contributed by atoms with E-state index in [0.29, 0.717) is 0 Å². The van der Waals surface area contributed by atoms with Crippen LogP contribution in [0.5, 0.6) is 0 Å². The van der Waals surface area contributed by atoms with Crippen LogP contribution in [0.2, 0.25) is 0 Å². The summed E-state index contributed by atoms with van der Waals surface area (Å²) in [5, 5.41) is 2.51. The van der Waals surface area contributed by atoms with E-state index in [1.165, 1.54) is 13.1 Å². The van der Waals surface area contributed by atoms with Gasteiger partial charge in [0, 0.05) is 23.5 Å². The van der Waals surface area contributed by atoms with Gasteiger partial charge in [0.2, 0.25) is 0 Å². The summed E-state index contributed by atoms with van der Waals surface area (Å²) in [5.74, 6) is -1.21. The molecule has 17 heavy (non-hydrogen) atoms. The molecule has 0 spiro atoms. The number of H-pyrrole nitrogens is 1. The lowest BCUT2D eigenvalue weighted by Crippen LogP contribution is -2.17. The van der Waals surface area contributed by atoms with Gasteiger partial charge in [-0.25, -0.2) is 13.2 Å². The lowest BCUT2D eigenvalue weighted by molar-refractivity contribution is 0.0959. The Morgan fingerprint density at radius 3 is 2.65 bits per heavy atom. The molecule has 90 valence electrons. The third-order valence-corrected chi connectivity index (χ3v) is 2.44. The maximum atomic E-state index is 13.1. The van der Waals surface area contributed by atoms with E-state index in [0.717, 1.165) is 12.1 Å². The molecule has 0 atom stereocenters. The second-order valence-corrected chi connectivity index (χ2v) is 3.52. The van der Waals surface area contributed by atoms with Gasteiger partial charge in [0.1, 0.15) is 11.5 Å². The molecule has 1 aromatic carbocycles. The van der Waals surface area contributed by atoms with Crippen molar-refractivity contribution in [3.8, 4) is 0 Å². The summed E-state index contributed by atoms with van der Waals surface area (Å²) in [6.45, 7) is 0. The number of hydrogen-bond acceptors (Lipinski definition) is 1. The first-order chi connectivity index (χ1) is 8.02. The predicted molar refractivity (Wildman–Crippen MR) is 56.6 cm³/mol. The molecule has 0 fully saturated rings. The minimum absolute atomic E-state index is 0.120. The topological polar surface area (TPSA) is 44.9 Å². The van der Waals surface area contributed by atoms with Crippen molar-refractivity contribution in [1.82, 2.24) is 10.3 Å². The highest BCUT2D eigenvalue weighted by Gasteiger charge is 2.17. The van der Waals surface area contributed by atoms with Crippen LogP contribution >= 0.6 is 0 Å². The second-order valence-electron chi connectivity index (χ2n) is 3.52. The van der Waals surface area contributed by atoms with Crippen LogP contribution in [0.25, 0.3) is 10.9 Å². The maximum Gasteiger partial charge on any atom is 0.267 e. The molecular weight excluding hydrogens is 233 g/mol. The van der Waals surface area contributed by atoms with Crippen molar-refractivity contribution >= 4 is 16.8 Å². The number of alkyl halides is 2. The highest BCUT2D eigenvalue weighted by molar-refractivity contribution is 5.98. The van der Waals surface area contributed by atoms with E-state index in [2.05, 4.69) is 10.3 Å². The first-order valence-electron chi connectivity index (χ1n) is 4.85. The van der Waals surface area contributed by atoms with Crippen LogP contribution in [0.3, 0.4) is 0 Å². The van der Waals surface area contributed by atoms with E-state index in [1.807, 2.05) is 0 Å². The van der Waals surface area contributed by atoms with Crippen molar-refractivity contribution < 1.29 is 18.0 Å².